The van der Waals surface area contributed by atoms with Gasteiger partial charge in [0.2, 0.25) is 0 Å². The Balaban J connectivity index is 2.12. The molecule has 18 heavy (non-hydrogen) atoms. The van der Waals surface area contributed by atoms with E-state index in [1.54, 1.807) is 24.8 Å². The Morgan fingerprint density at radius 2 is 2.33 bits per heavy atom. The Hall–Kier alpha value is -0.580. The molecule has 0 saturated carbocycles. The van der Waals surface area contributed by atoms with Gasteiger partial charge in [-0.1, -0.05) is 0 Å². The van der Waals surface area contributed by atoms with Gasteiger partial charge in [-0.05, 0) is 49.9 Å². The number of hydrogen-bond donors (Lipinski definition) is 1. The number of ether oxygens (including phenoxy) is 1. The molecule has 0 aliphatic carbocycles. The van der Waals surface area contributed by atoms with Crippen molar-refractivity contribution in [2.45, 2.75) is 43.7 Å². The van der Waals surface area contributed by atoms with E-state index in [4.69, 9.17) is 10.5 Å². The predicted octanol–water partition coefficient (Wildman–Crippen LogP) is 3.42. The SMILES string of the molecule is Cc1cc(SCC2CCCO2)c(C(C)N)cc1F. The van der Waals surface area contributed by atoms with E-state index in [-0.39, 0.29) is 11.9 Å². The lowest BCUT2D eigenvalue weighted by molar-refractivity contribution is 0.129. The lowest BCUT2D eigenvalue weighted by Crippen LogP contribution is -2.11. The monoisotopic (exact) mass is 269 g/mol. The van der Waals surface area contributed by atoms with E-state index < -0.39 is 0 Å². The highest BCUT2D eigenvalue weighted by atomic mass is 32.2. The van der Waals surface area contributed by atoms with Crippen LogP contribution in [0.4, 0.5) is 4.39 Å². The van der Waals surface area contributed by atoms with Crippen molar-refractivity contribution in [3.63, 3.8) is 0 Å². The zero-order valence-electron chi connectivity index (χ0n) is 10.9. The van der Waals surface area contributed by atoms with Crippen LogP contribution in [0.2, 0.25) is 0 Å². The molecular weight excluding hydrogens is 249 g/mol. The Kier molecular flexibility index (Phi) is 4.65. The fourth-order valence-electron chi connectivity index (χ4n) is 2.11. The predicted molar refractivity (Wildman–Crippen MR) is 73.4 cm³/mol. The molecule has 2 N–H and O–H groups in total. The lowest BCUT2D eigenvalue weighted by atomic mass is 10.1. The second-order valence-corrected chi connectivity index (χ2v) is 5.94. The van der Waals surface area contributed by atoms with E-state index in [0.717, 1.165) is 35.7 Å². The average molecular weight is 269 g/mol. The van der Waals surface area contributed by atoms with Crippen molar-refractivity contribution < 1.29 is 9.13 Å². The van der Waals surface area contributed by atoms with Crippen molar-refractivity contribution in [1.29, 1.82) is 0 Å². The molecule has 1 saturated heterocycles. The number of rotatable bonds is 4. The van der Waals surface area contributed by atoms with E-state index in [1.807, 2.05) is 13.0 Å². The largest absolute Gasteiger partial charge is 0.377 e. The molecule has 4 heteroatoms. The summed E-state index contributed by atoms with van der Waals surface area (Å²) in [6.07, 6.45) is 2.61. The molecule has 1 aliphatic rings. The Morgan fingerprint density at radius 3 is 2.94 bits per heavy atom. The van der Waals surface area contributed by atoms with Gasteiger partial charge in [-0.2, -0.15) is 0 Å². The van der Waals surface area contributed by atoms with E-state index in [0.29, 0.717) is 11.7 Å². The lowest BCUT2D eigenvalue weighted by Gasteiger charge is -2.15. The van der Waals surface area contributed by atoms with Crippen LogP contribution in [0.5, 0.6) is 0 Å². The van der Waals surface area contributed by atoms with Crippen LogP contribution in [-0.4, -0.2) is 18.5 Å². The summed E-state index contributed by atoms with van der Waals surface area (Å²) in [7, 11) is 0. The molecule has 2 nitrogen and oxygen atoms in total. The molecule has 1 heterocycles. The second kappa shape index (κ2) is 6.04. The summed E-state index contributed by atoms with van der Waals surface area (Å²) in [5.74, 6) is 0.744. The first kappa shape index (κ1) is 13.8. The van der Waals surface area contributed by atoms with E-state index >= 15 is 0 Å². The third-order valence-electron chi connectivity index (χ3n) is 3.23. The van der Waals surface area contributed by atoms with E-state index in [2.05, 4.69) is 0 Å². The number of halogens is 1. The number of aryl methyl sites for hydroxylation is 1. The molecule has 100 valence electrons. The van der Waals surface area contributed by atoms with Crippen molar-refractivity contribution in [2.75, 3.05) is 12.4 Å². The van der Waals surface area contributed by atoms with Gasteiger partial charge in [-0.3, -0.25) is 0 Å². The Labute approximate surface area is 112 Å². The molecule has 0 bridgehead atoms. The van der Waals surface area contributed by atoms with E-state index in [9.17, 15) is 4.39 Å². The van der Waals surface area contributed by atoms with Crippen LogP contribution < -0.4 is 5.73 Å². The molecule has 1 aliphatic heterocycles. The summed E-state index contributed by atoms with van der Waals surface area (Å²) in [6, 6.07) is 3.32. The molecule has 0 radical (unpaired) electrons. The minimum absolute atomic E-state index is 0.146. The number of nitrogens with two attached hydrogens (primary N) is 1. The molecular formula is C14H20FNOS. The first-order valence-corrected chi connectivity index (χ1v) is 7.36. The maximum atomic E-state index is 13.6. The van der Waals surface area contributed by atoms with Gasteiger partial charge in [0, 0.05) is 23.3 Å². The van der Waals surface area contributed by atoms with Gasteiger partial charge in [0.15, 0.2) is 0 Å². The zero-order valence-corrected chi connectivity index (χ0v) is 11.7. The molecule has 0 aromatic heterocycles. The normalized spacial score (nSPS) is 21.2. The maximum absolute atomic E-state index is 13.6. The van der Waals surface area contributed by atoms with Crippen molar-refractivity contribution in [3.05, 3.63) is 29.1 Å². The van der Waals surface area contributed by atoms with Gasteiger partial charge >= 0.3 is 0 Å². The van der Waals surface area contributed by atoms with Gasteiger partial charge in [0.25, 0.3) is 0 Å². The second-order valence-electron chi connectivity index (χ2n) is 4.87. The van der Waals surface area contributed by atoms with Gasteiger partial charge in [0.05, 0.1) is 6.10 Å². The van der Waals surface area contributed by atoms with Crippen molar-refractivity contribution in [2.24, 2.45) is 5.73 Å². The molecule has 1 aromatic carbocycles. The topological polar surface area (TPSA) is 35.2 Å². The van der Waals surface area contributed by atoms with Gasteiger partial charge in [0.1, 0.15) is 5.82 Å². The number of thioether (sulfide) groups is 1. The fourth-order valence-corrected chi connectivity index (χ4v) is 3.41. The van der Waals surface area contributed by atoms with Crippen LogP contribution in [0.25, 0.3) is 0 Å². The van der Waals surface area contributed by atoms with E-state index in [1.165, 1.54) is 0 Å². The quantitative estimate of drug-likeness (QED) is 0.851. The first-order valence-electron chi connectivity index (χ1n) is 6.38. The van der Waals surface area contributed by atoms with Crippen molar-refractivity contribution >= 4 is 11.8 Å². The Bertz CT molecular complexity index is 417. The van der Waals surface area contributed by atoms with Crippen LogP contribution in [0, 0.1) is 12.7 Å². The fraction of sp³-hybridized carbons (Fsp3) is 0.571. The summed E-state index contributed by atoms with van der Waals surface area (Å²) in [6.45, 7) is 4.55. The van der Waals surface area contributed by atoms with Gasteiger partial charge in [-0.25, -0.2) is 4.39 Å². The summed E-state index contributed by atoms with van der Waals surface area (Å²) in [5, 5.41) is 0. The third-order valence-corrected chi connectivity index (χ3v) is 4.43. The zero-order chi connectivity index (χ0) is 13.1. The van der Waals surface area contributed by atoms with Crippen LogP contribution in [0.3, 0.4) is 0 Å². The van der Waals surface area contributed by atoms with Crippen molar-refractivity contribution in [1.82, 2.24) is 0 Å². The van der Waals surface area contributed by atoms with Crippen LogP contribution in [-0.2, 0) is 4.74 Å². The molecule has 0 amide bonds. The summed E-state index contributed by atoms with van der Waals surface area (Å²) in [4.78, 5) is 1.08. The number of benzene rings is 1. The standard InChI is InChI=1S/C14H20FNOS/c1-9-6-14(12(10(2)16)7-13(9)15)18-8-11-4-3-5-17-11/h6-7,10-11H,3-5,8,16H2,1-2H3. The Morgan fingerprint density at radius 1 is 1.56 bits per heavy atom. The van der Waals surface area contributed by atoms with Crippen LogP contribution >= 0.6 is 11.8 Å². The minimum atomic E-state index is -0.177. The molecule has 1 fully saturated rings. The molecule has 0 spiro atoms. The third kappa shape index (κ3) is 3.25. The highest BCUT2D eigenvalue weighted by molar-refractivity contribution is 7.99. The molecule has 1 aromatic rings. The summed E-state index contributed by atoms with van der Waals surface area (Å²) in [5.41, 5.74) is 7.47. The molecule has 2 rings (SSSR count). The summed E-state index contributed by atoms with van der Waals surface area (Å²) >= 11 is 1.72. The molecule has 2 atom stereocenters. The smallest absolute Gasteiger partial charge is 0.126 e. The minimum Gasteiger partial charge on any atom is -0.377 e. The van der Waals surface area contributed by atoms with Crippen LogP contribution in [0.1, 0.15) is 36.9 Å². The number of hydrogen-bond acceptors (Lipinski definition) is 3. The van der Waals surface area contributed by atoms with Crippen molar-refractivity contribution in [3.8, 4) is 0 Å². The van der Waals surface area contributed by atoms with Gasteiger partial charge in [-0.15, -0.1) is 11.8 Å². The first-order chi connectivity index (χ1) is 8.58. The average Bonchev–Trinajstić information content (AvgIpc) is 2.83. The van der Waals surface area contributed by atoms with Crippen LogP contribution in [0.15, 0.2) is 17.0 Å². The maximum Gasteiger partial charge on any atom is 0.126 e. The molecule has 2 unspecified atom stereocenters. The summed E-state index contributed by atoms with van der Waals surface area (Å²) < 4.78 is 19.2. The highest BCUT2D eigenvalue weighted by Gasteiger charge is 2.17. The van der Waals surface area contributed by atoms with Gasteiger partial charge < -0.3 is 10.5 Å². The highest BCUT2D eigenvalue weighted by Crippen LogP contribution is 2.31.